The van der Waals surface area contributed by atoms with Gasteiger partial charge in [0.05, 0.1) is 5.69 Å². The van der Waals surface area contributed by atoms with Crippen LogP contribution in [-0.4, -0.2) is 31.0 Å². The summed E-state index contributed by atoms with van der Waals surface area (Å²) in [6.07, 6.45) is 0. The maximum absolute atomic E-state index is 12.9. The molecule has 2 N–H and O–H groups in total. The van der Waals surface area contributed by atoms with Crippen LogP contribution < -0.4 is 10.5 Å². The number of hydrogen-bond donors (Lipinski definition) is 1. The lowest BCUT2D eigenvalue weighted by molar-refractivity contribution is -0.131. The Balaban J connectivity index is 2.61. The zero-order chi connectivity index (χ0) is 12.1. The molecule has 0 bridgehead atoms. The van der Waals surface area contributed by atoms with E-state index < -0.39 is 5.82 Å². The lowest BCUT2D eigenvalue weighted by Gasteiger charge is -2.15. The molecule has 4 nitrogen and oxygen atoms in total. The van der Waals surface area contributed by atoms with Crippen molar-refractivity contribution in [2.24, 2.45) is 0 Å². The van der Waals surface area contributed by atoms with Crippen LogP contribution in [0.4, 0.5) is 10.1 Å². The van der Waals surface area contributed by atoms with E-state index >= 15 is 0 Å². The molecule has 0 atom stereocenters. The molecule has 1 aromatic carbocycles. The molecule has 0 fully saturated rings. The van der Waals surface area contributed by atoms with Crippen molar-refractivity contribution in [1.82, 2.24) is 4.90 Å². The summed E-state index contributed by atoms with van der Waals surface area (Å²) in [5.74, 6) is -0.426. The number of carbonyl (C=O) groups is 1. The van der Waals surface area contributed by atoms with Crippen molar-refractivity contribution < 1.29 is 13.9 Å². The number of nitrogen functional groups attached to an aromatic ring is 1. The standard InChI is InChI=1S/C11H15FN2O2/c1-3-14(2)11(15)7-16-10-6-8(12)4-5-9(10)13/h4-6H,3,7,13H2,1-2H3. The SMILES string of the molecule is CCN(C)C(=O)COc1cc(F)ccc1N. The fraction of sp³-hybridized carbons (Fsp3) is 0.364. The van der Waals surface area contributed by atoms with Crippen LogP contribution in [0.25, 0.3) is 0 Å². The summed E-state index contributed by atoms with van der Waals surface area (Å²) >= 11 is 0. The molecule has 0 aliphatic carbocycles. The van der Waals surface area contributed by atoms with Gasteiger partial charge >= 0.3 is 0 Å². The van der Waals surface area contributed by atoms with Gasteiger partial charge in [0.15, 0.2) is 6.61 Å². The van der Waals surface area contributed by atoms with Crippen LogP contribution in [0.3, 0.4) is 0 Å². The third-order valence-corrected chi connectivity index (χ3v) is 2.23. The first kappa shape index (κ1) is 12.3. The Morgan fingerprint density at radius 2 is 2.25 bits per heavy atom. The van der Waals surface area contributed by atoms with Gasteiger partial charge in [0, 0.05) is 19.7 Å². The predicted molar refractivity (Wildman–Crippen MR) is 59.6 cm³/mol. The van der Waals surface area contributed by atoms with Crippen molar-refractivity contribution in [3.05, 3.63) is 24.0 Å². The van der Waals surface area contributed by atoms with Crippen molar-refractivity contribution in [2.45, 2.75) is 6.92 Å². The van der Waals surface area contributed by atoms with Crippen molar-refractivity contribution in [3.63, 3.8) is 0 Å². The van der Waals surface area contributed by atoms with Crippen molar-refractivity contribution in [2.75, 3.05) is 25.9 Å². The molecule has 88 valence electrons. The Morgan fingerprint density at radius 1 is 1.56 bits per heavy atom. The van der Waals surface area contributed by atoms with Crippen LogP contribution in [0.5, 0.6) is 5.75 Å². The number of halogens is 1. The van der Waals surface area contributed by atoms with Gasteiger partial charge in [-0.3, -0.25) is 4.79 Å². The van der Waals surface area contributed by atoms with E-state index in [2.05, 4.69) is 0 Å². The number of nitrogens with two attached hydrogens (primary N) is 1. The minimum Gasteiger partial charge on any atom is -0.482 e. The maximum Gasteiger partial charge on any atom is 0.260 e. The van der Waals surface area contributed by atoms with Crippen LogP contribution in [0.2, 0.25) is 0 Å². The van der Waals surface area contributed by atoms with Gasteiger partial charge < -0.3 is 15.4 Å². The van der Waals surface area contributed by atoms with E-state index in [0.29, 0.717) is 12.2 Å². The fourth-order valence-corrected chi connectivity index (χ4v) is 1.06. The number of benzene rings is 1. The average molecular weight is 226 g/mol. The first-order valence-corrected chi connectivity index (χ1v) is 4.96. The molecule has 0 heterocycles. The molecule has 1 amide bonds. The summed E-state index contributed by atoms with van der Waals surface area (Å²) in [6.45, 7) is 2.31. The Kier molecular flexibility index (Phi) is 4.10. The highest BCUT2D eigenvalue weighted by molar-refractivity contribution is 5.77. The number of likely N-dealkylation sites (N-methyl/N-ethyl adjacent to an activating group) is 1. The molecule has 16 heavy (non-hydrogen) atoms. The molecular weight excluding hydrogens is 211 g/mol. The lowest BCUT2D eigenvalue weighted by Crippen LogP contribution is -2.31. The first-order valence-electron chi connectivity index (χ1n) is 4.96. The largest absolute Gasteiger partial charge is 0.482 e. The fourth-order valence-electron chi connectivity index (χ4n) is 1.06. The second-order valence-electron chi connectivity index (χ2n) is 3.38. The molecule has 0 saturated heterocycles. The van der Waals surface area contributed by atoms with Crippen LogP contribution in [-0.2, 0) is 4.79 Å². The quantitative estimate of drug-likeness (QED) is 0.786. The maximum atomic E-state index is 12.9. The minimum absolute atomic E-state index is 0.141. The molecular formula is C11H15FN2O2. The van der Waals surface area contributed by atoms with Gasteiger partial charge in [-0.05, 0) is 19.1 Å². The Labute approximate surface area is 93.8 Å². The van der Waals surface area contributed by atoms with Gasteiger partial charge in [-0.2, -0.15) is 0 Å². The zero-order valence-corrected chi connectivity index (χ0v) is 9.37. The number of nitrogens with zero attached hydrogens (tertiary/aromatic N) is 1. The van der Waals surface area contributed by atoms with E-state index in [1.54, 1.807) is 7.05 Å². The minimum atomic E-state index is -0.444. The van der Waals surface area contributed by atoms with E-state index in [9.17, 15) is 9.18 Å². The first-order chi connectivity index (χ1) is 7.54. The van der Waals surface area contributed by atoms with E-state index in [1.165, 1.54) is 17.0 Å². The molecule has 0 aromatic heterocycles. The smallest absolute Gasteiger partial charge is 0.260 e. The lowest BCUT2D eigenvalue weighted by atomic mass is 10.3. The summed E-state index contributed by atoms with van der Waals surface area (Å²) < 4.78 is 18.0. The van der Waals surface area contributed by atoms with Gasteiger partial charge in [0.2, 0.25) is 0 Å². The number of anilines is 1. The van der Waals surface area contributed by atoms with Crippen molar-refractivity contribution in [1.29, 1.82) is 0 Å². The number of rotatable bonds is 4. The Hall–Kier alpha value is -1.78. The molecule has 1 rings (SSSR count). The second-order valence-corrected chi connectivity index (χ2v) is 3.38. The monoisotopic (exact) mass is 226 g/mol. The Bertz CT molecular complexity index is 382. The van der Waals surface area contributed by atoms with E-state index in [4.69, 9.17) is 10.5 Å². The van der Waals surface area contributed by atoms with Gasteiger partial charge in [-0.15, -0.1) is 0 Å². The van der Waals surface area contributed by atoms with Crippen LogP contribution in [0.15, 0.2) is 18.2 Å². The van der Waals surface area contributed by atoms with E-state index in [-0.39, 0.29) is 18.3 Å². The molecule has 0 unspecified atom stereocenters. The molecule has 0 radical (unpaired) electrons. The van der Waals surface area contributed by atoms with Crippen LogP contribution in [0, 0.1) is 5.82 Å². The van der Waals surface area contributed by atoms with Gasteiger partial charge in [-0.25, -0.2) is 4.39 Å². The normalized spacial score (nSPS) is 9.94. The Morgan fingerprint density at radius 3 is 2.88 bits per heavy atom. The van der Waals surface area contributed by atoms with Crippen molar-refractivity contribution in [3.8, 4) is 5.75 Å². The number of hydrogen-bond acceptors (Lipinski definition) is 3. The molecule has 0 spiro atoms. The molecule has 5 heteroatoms. The summed E-state index contributed by atoms with van der Waals surface area (Å²) in [4.78, 5) is 12.9. The summed E-state index contributed by atoms with van der Waals surface area (Å²) in [7, 11) is 1.67. The number of ether oxygens (including phenoxy) is 1. The number of carbonyl (C=O) groups excluding carboxylic acids is 1. The molecule has 0 aliphatic rings. The third-order valence-electron chi connectivity index (χ3n) is 2.23. The predicted octanol–water partition coefficient (Wildman–Crippen LogP) is 1.26. The number of amides is 1. The second kappa shape index (κ2) is 5.34. The summed E-state index contributed by atoms with van der Waals surface area (Å²) in [5.41, 5.74) is 5.88. The molecule has 1 aromatic rings. The van der Waals surface area contributed by atoms with E-state index in [1.807, 2.05) is 6.92 Å². The average Bonchev–Trinajstić information content (AvgIpc) is 2.28. The molecule has 0 saturated carbocycles. The van der Waals surface area contributed by atoms with Crippen molar-refractivity contribution >= 4 is 11.6 Å². The van der Waals surface area contributed by atoms with Gasteiger partial charge in [0.25, 0.3) is 5.91 Å². The summed E-state index contributed by atoms with van der Waals surface area (Å²) in [6, 6.07) is 3.80. The molecule has 0 aliphatic heterocycles. The zero-order valence-electron chi connectivity index (χ0n) is 9.37. The van der Waals surface area contributed by atoms with E-state index in [0.717, 1.165) is 6.07 Å². The van der Waals surface area contributed by atoms with Crippen LogP contribution >= 0.6 is 0 Å². The summed E-state index contributed by atoms with van der Waals surface area (Å²) in [5, 5.41) is 0. The van der Waals surface area contributed by atoms with Gasteiger partial charge in [-0.1, -0.05) is 0 Å². The topological polar surface area (TPSA) is 55.6 Å². The van der Waals surface area contributed by atoms with Crippen LogP contribution in [0.1, 0.15) is 6.92 Å². The third kappa shape index (κ3) is 3.12. The highest BCUT2D eigenvalue weighted by Crippen LogP contribution is 2.21. The highest BCUT2D eigenvalue weighted by Gasteiger charge is 2.09. The van der Waals surface area contributed by atoms with Gasteiger partial charge in [0.1, 0.15) is 11.6 Å². The highest BCUT2D eigenvalue weighted by atomic mass is 19.1.